The highest BCUT2D eigenvalue weighted by molar-refractivity contribution is 6.21. The Morgan fingerprint density at radius 2 is 0.786 bits per heavy atom. The Hall–Kier alpha value is -4.43. The molecule has 0 bridgehead atoms. The molecule has 0 heterocycles. The molecule has 218 valence electrons. The molecule has 42 heavy (non-hydrogen) atoms. The maximum absolute atomic E-state index is 15.3. The van der Waals surface area contributed by atoms with Crippen molar-refractivity contribution in [3.8, 4) is 22.3 Å². The molecule has 0 atom stereocenters. The van der Waals surface area contributed by atoms with Crippen molar-refractivity contribution in [2.45, 2.75) is 6.18 Å². The Bertz CT molecular complexity index is 1930. The van der Waals surface area contributed by atoms with Gasteiger partial charge in [-0.1, -0.05) is 12.1 Å². The molecular weight excluding hydrogens is 609 g/mol. The molecule has 0 saturated carbocycles. The van der Waals surface area contributed by atoms with Crippen LogP contribution in [0.5, 0.6) is 0 Å². The van der Waals surface area contributed by atoms with E-state index in [1.807, 2.05) is 0 Å². The first-order valence-corrected chi connectivity index (χ1v) is 11.0. The van der Waals surface area contributed by atoms with Crippen molar-refractivity contribution >= 4 is 21.5 Å². The van der Waals surface area contributed by atoms with Gasteiger partial charge in [0.1, 0.15) is 11.4 Å². The molecule has 5 aromatic carbocycles. The van der Waals surface area contributed by atoms with Gasteiger partial charge in [0.15, 0.2) is 58.2 Å². The summed E-state index contributed by atoms with van der Waals surface area (Å²) in [6.07, 6.45) is -5.99. The van der Waals surface area contributed by atoms with Crippen molar-refractivity contribution in [3.05, 3.63) is 106 Å². The van der Waals surface area contributed by atoms with Gasteiger partial charge in [-0.3, -0.25) is 0 Å². The summed E-state index contributed by atoms with van der Waals surface area (Å²) >= 11 is 0. The molecule has 0 aliphatic rings. The first kappa shape index (κ1) is 29.1. The predicted molar refractivity (Wildman–Crippen MR) is 117 cm³/mol. The van der Waals surface area contributed by atoms with E-state index in [2.05, 4.69) is 0 Å². The van der Waals surface area contributed by atoms with E-state index < -0.39 is 125 Å². The third-order valence-electron chi connectivity index (χ3n) is 6.39. The van der Waals surface area contributed by atoms with Crippen LogP contribution in [0.15, 0.2) is 30.3 Å². The highest BCUT2D eigenvalue weighted by Gasteiger charge is 2.43. The Labute approximate surface area is 222 Å². The monoisotopic (exact) mass is 614 g/mol. The van der Waals surface area contributed by atoms with Crippen LogP contribution in [0, 0.1) is 69.8 Å². The van der Waals surface area contributed by atoms with E-state index in [4.69, 9.17) is 0 Å². The number of alkyl halides is 3. The Morgan fingerprint density at radius 1 is 0.381 bits per heavy atom. The fourth-order valence-electron chi connectivity index (χ4n) is 4.68. The van der Waals surface area contributed by atoms with E-state index in [0.29, 0.717) is 18.2 Å². The van der Waals surface area contributed by atoms with Crippen LogP contribution in [0.4, 0.5) is 65.9 Å². The quantitative estimate of drug-likeness (QED) is 0.0804. The third-order valence-corrected chi connectivity index (χ3v) is 6.39. The van der Waals surface area contributed by atoms with Gasteiger partial charge in [-0.2, -0.15) is 13.2 Å². The number of benzene rings is 5. The molecule has 0 unspecified atom stereocenters. The van der Waals surface area contributed by atoms with E-state index in [-0.39, 0.29) is 12.1 Å². The largest absolute Gasteiger partial charge is 0.422 e. The average molecular weight is 614 g/mol. The second-order valence-corrected chi connectivity index (χ2v) is 8.67. The normalized spacial score (nSPS) is 12.2. The molecule has 0 nitrogen and oxygen atoms in total. The lowest BCUT2D eigenvalue weighted by atomic mass is 9.84. The third kappa shape index (κ3) is 3.96. The summed E-state index contributed by atoms with van der Waals surface area (Å²) in [5.74, 6) is -30.0. The van der Waals surface area contributed by atoms with Crippen molar-refractivity contribution < 1.29 is 65.9 Å². The Balaban J connectivity index is 2.14. The zero-order valence-corrected chi connectivity index (χ0v) is 19.6. The predicted octanol–water partition coefficient (Wildman–Crippen LogP) is 10.0. The summed E-state index contributed by atoms with van der Waals surface area (Å²) in [6.45, 7) is 0. The van der Waals surface area contributed by atoms with Crippen LogP contribution in [-0.4, -0.2) is 0 Å². The zero-order valence-electron chi connectivity index (χ0n) is 19.6. The minimum atomic E-state index is -5.99. The van der Waals surface area contributed by atoms with Crippen LogP contribution in [-0.2, 0) is 6.18 Å². The molecule has 0 aliphatic carbocycles. The molecule has 0 saturated heterocycles. The van der Waals surface area contributed by atoms with Gasteiger partial charge in [0.25, 0.3) is 0 Å². The van der Waals surface area contributed by atoms with Crippen LogP contribution in [0.2, 0.25) is 0 Å². The van der Waals surface area contributed by atoms with Crippen molar-refractivity contribution in [1.82, 2.24) is 0 Å². The second kappa shape index (κ2) is 9.56. The van der Waals surface area contributed by atoms with Crippen molar-refractivity contribution in [3.63, 3.8) is 0 Å². The molecule has 0 aromatic heterocycles. The minimum absolute atomic E-state index is 0.00620. The summed E-state index contributed by atoms with van der Waals surface area (Å²) in [6, 6.07) is 1.80. The lowest BCUT2D eigenvalue weighted by Crippen LogP contribution is -2.16. The van der Waals surface area contributed by atoms with Gasteiger partial charge in [-0.15, -0.1) is 0 Å². The van der Waals surface area contributed by atoms with Gasteiger partial charge in [-0.05, 0) is 34.4 Å². The van der Waals surface area contributed by atoms with Gasteiger partial charge in [0.05, 0.1) is 11.1 Å². The van der Waals surface area contributed by atoms with Crippen molar-refractivity contribution in [1.29, 1.82) is 0 Å². The van der Waals surface area contributed by atoms with Crippen LogP contribution in [0.1, 0.15) is 5.56 Å². The molecule has 15 heteroatoms. The van der Waals surface area contributed by atoms with Crippen LogP contribution in [0.25, 0.3) is 43.8 Å². The zero-order chi connectivity index (χ0) is 31.2. The molecule has 0 aliphatic heterocycles. The summed E-state index contributed by atoms with van der Waals surface area (Å²) in [5.41, 5.74) is -9.70. The first-order chi connectivity index (χ1) is 19.5. The number of hydrogen-bond donors (Lipinski definition) is 0. The van der Waals surface area contributed by atoms with Crippen LogP contribution < -0.4 is 0 Å². The maximum atomic E-state index is 15.3. The van der Waals surface area contributed by atoms with Gasteiger partial charge < -0.3 is 0 Å². The van der Waals surface area contributed by atoms with Gasteiger partial charge in [0, 0.05) is 16.5 Å². The number of rotatable bonds is 2. The Kier molecular flexibility index (Phi) is 6.62. The molecule has 0 fully saturated rings. The molecule has 5 rings (SSSR count). The van der Waals surface area contributed by atoms with E-state index in [9.17, 15) is 52.7 Å². The fraction of sp³-hybridized carbons (Fsp3) is 0.0370. The van der Waals surface area contributed by atoms with E-state index >= 15 is 13.2 Å². The maximum Gasteiger partial charge on any atom is 0.422 e. The van der Waals surface area contributed by atoms with Crippen molar-refractivity contribution in [2.24, 2.45) is 0 Å². The smallest absolute Gasteiger partial charge is 0.206 e. The summed E-state index contributed by atoms with van der Waals surface area (Å²) in [4.78, 5) is 0. The molecular formula is C27H5F15. The summed E-state index contributed by atoms with van der Waals surface area (Å²) in [5, 5.41) is -4.76. The first-order valence-electron chi connectivity index (χ1n) is 11.0. The highest BCUT2D eigenvalue weighted by atomic mass is 19.4. The highest BCUT2D eigenvalue weighted by Crippen LogP contribution is 2.49. The molecule has 0 radical (unpaired) electrons. The number of fused-ring (bicyclic) bond motifs is 2. The molecule has 0 amide bonds. The van der Waals surface area contributed by atoms with Crippen molar-refractivity contribution in [2.75, 3.05) is 0 Å². The van der Waals surface area contributed by atoms with Gasteiger partial charge >= 0.3 is 6.18 Å². The topological polar surface area (TPSA) is 0 Å². The number of hydrogen-bond acceptors (Lipinski definition) is 0. The summed E-state index contributed by atoms with van der Waals surface area (Å²) < 4.78 is 215. The van der Waals surface area contributed by atoms with Gasteiger partial charge in [-0.25, -0.2) is 52.7 Å². The average Bonchev–Trinajstić information content (AvgIpc) is 2.91. The van der Waals surface area contributed by atoms with Crippen LogP contribution >= 0.6 is 0 Å². The minimum Gasteiger partial charge on any atom is -0.206 e. The second-order valence-electron chi connectivity index (χ2n) is 8.67. The van der Waals surface area contributed by atoms with Gasteiger partial charge in [0.2, 0.25) is 5.82 Å². The lowest BCUT2D eigenvalue weighted by Gasteiger charge is -2.21. The fourth-order valence-corrected chi connectivity index (χ4v) is 4.68. The standard InChI is InChI=1S/C27H5F15/c28-9-3-1-2-6-12(15-18(31)22(35)17(27(40,41)42)23(36)19(15)32)7-4-10(29)11(30)5-8(7)14(13(6)9)16-20(33)24(37)26(39)25(38)21(16)34/h1-5H. The SMILES string of the molecule is Fc1cc2c(-c3c(F)c(F)c(C(F)(F)F)c(F)c3F)c3cccc(F)c3c(-c3c(F)c(F)c(F)c(F)c3F)c2cc1F. The lowest BCUT2D eigenvalue weighted by molar-refractivity contribution is -0.143. The van der Waals surface area contributed by atoms with E-state index in [1.54, 1.807) is 0 Å². The molecule has 0 spiro atoms. The summed E-state index contributed by atoms with van der Waals surface area (Å²) in [7, 11) is 0. The number of halogens is 15. The molecule has 5 aromatic rings. The Morgan fingerprint density at radius 3 is 1.26 bits per heavy atom. The molecule has 0 N–H and O–H groups in total. The van der Waals surface area contributed by atoms with E-state index in [1.165, 1.54) is 0 Å². The van der Waals surface area contributed by atoms with E-state index in [0.717, 1.165) is 0 Å². The van der Waals surface area contributed by atoms with Crippen LogP contribution in [0.3, 0.4) is 0 Å².